The monoisotopic (exact) mass is 431 g/mol. The molecule has 0 spiro atoms. The molecule has 0 radical (unpaired) electrons. The summed E-state index contributed by atoms with van der Waals surface area (Å²) in [7, 11) is -3.34. The highest BCUT2D eigenvalue weighted by Crippen LogP contribution is 2.24. The van der Waals surface area contributed by atoms with Gasteiger partial charge in [-0.3, -0.25) is 9.82 Å². The Morgan fingerprint density at radius 2 is 2.03 bits per heavy atom. The second-order valence-corrected chi connectivity index (χ2v) is 9.24. The largest absolute Gasteiger partial charge is 0.494 e. The number of aromatic nitrogens is 2. The highest BCUT2D eigenvalue weighted by atomic mass is 32.2. The number of unbranched alkanes of at least 4 members (excludes halogenated alkanes) is 1. The highest BCUT2D eigenvalue weighted by molar-refractivity contribution is 7.92. The second kappa shape index (κ2) is 9.95. The van der Waals surface area contributed by atoms with Crippen LogP contribution in [-0.4, -0.2) is 36.6 Å². The number of benzene rings is 2. The number of hydrogen-bond acceptors (Lipinski definition) is 5. The smallest absolute Gasteiger partial charge is 0.229 e. The summed E-state index contributed by atoms with van der Waals surface area (Å²) < 4.78 is 31.0. The Balaban J connectivity index is 1.45. The van der Waals surface area contributed by atoms with Crippen molar-refractivity contribution in [3.63, 3.8) is 0 Å². The molecule has 0 amide bonds. The van der Waals surface area contributed by atoms with Crippen molar-refractivity contribution in [1.29, 1.82) is 0 Å². The third-order valence-electron chi connectivity index (χ3n) is 4.82. The fourth-order valence-corrected chi connectivity index (χ4v) is 3.95. The number of anilines is 1. The maximum Gasteiger partial charge on any atom is 0.229 e. The fraction of sp³-hybridized carbons (Fsp3) is 0.409. The van der Waals surface area contributed by atoms with E-state index in [0.29, 0.717) is 24.3 Å². The van der Waals surface area contributed by atoms with E-state index in [1.165, 1.54) is 0 Å². The number of aryl methyl sites for hydroxylation is 1. The molecule has 3 rings (SSSR count). The van der Waals surface area contributed by atoms with Crippen LogP contribution in [0.25, 0.3) is 10.9 Å². The lowest BCUT2D eigenvalue weighted by Crippen LogP contribution is -2.10. The molecule has 8 heteroatoms. The van der Waals surface area contributed by atoms with Crippen LogP contribution in [0.3, 0.4) is 0 Å². The van der Waals surface area contributed by atoms with Crippen molar-refractivity contribution in [3.05, 3.63) is 53.7 Å². The maximum atomic E-state index is 11.4. The summed E-state index contributed by atoms with van der Waals surface area (Å²) in [5.74, 6) is 0.789. The number of rotatable bonds is 11. The SMILES string of the molecule is CCCc1[nH]nc2cc(OCCCC[C@H](O)c3cccc(NS(C)(=O)=O)c3)ccc12. The first-order chi connectivity index (χ1) is 14.4. The minimum absolute atomic E-state index is 0.452. The van der Waals surface area contributed by atoms with Crippen molar-refractivity contribution in [2.24, 2.45) is 0 Å². The minimum Gasteiger partial charge on any atom is -0.494 e. The minimum atomic E-state index is -3.34. The molecule has 0 bridgehead atoms. The first-order valence-corrected chi connectivity index (χ1v) is 12.1. The molecule has 0 unspecified atom stereocenters. The van der Waals surface area contributed by atoms with E-state index in [4.69, 9.17) is 4.74 Å². The summed E-state index contributed by atoms with van der Waals surface area (Å²) in [5, 5.41) is 19.0. The summed E-state index contributed by atoms with van der Waals surface area (Å²) in [5.41, 5.74) is 3.21. The lowest BCUT2D eigenvalue weighted by molar-refractivity contribution is 0.160. The molecule has 7 nitrogen and oxygen atoms in total. The zero-order valence-electron chi connectivity index (χ0n) is 17.4. The molecule has 162 valence electrons. The summed E-state index contributed by atoms with van der Waals surface area (Å²) >= 11 is 0. The molecular formula is C22H29N3O4S. The Kier molecular flexibility index (Phi) is 7.33. The van der Waals surface area contributed by atoms with E-state index >= 15 is 0 Å². The highest BCUT2D eigenvalue weighted by Gasteiger charge is 2.10. The molecule has 1 aromatic heterocycles. The summed E-state index contributed by atoms with van der Waals surface area (Å²) in [6, 6.07) is 12.8. The zero-order valence-corrected chi connectivity index (χ0v) is 18.2. The van der Waals surface area contributed by atoms with Gasteiger partial charge in [-0.1, -0.05) is 25.5 Å². The molecular weight excluding hydrogens is 402 g/mol. The maximum absolute atomic E-state index is 11.4. The normalized spacial score (nSPS) is 12.8. The molecule has 30 heavy (non-hydrogen) atoms. The molecule has 3 N–H and O–H groups in total. The van der Waals surface area contributed by atoms with E-state index in [0.717, 1.165) is 54.3 Å². The zero-order chi connectivity index (χ0) is 21.6. The average molecular weight is 432 g/mol. The van der Waals surface area contributed by atoms with Crippen molar-refractivity contribution >= 4 is 26.6 Å². The molecule has 1 heterocycles. The van der Waals surface area contributed by atoms with E-state index in [9.17, 15) is 13.5 Å². The predicted octanol–water partition coefficient (Wildman–Crippen LogP) is 4.17. The van der Waals surface area contributed by atoms with Crippen molar-refractivity contribution < 1.29 is 18.3 Å². The number of aromatic amines is 1. The molecule has 0 fully saturated rings. The van der Waals surface area contributed by atoms with Crippen LogP contribution in [0.4, 0.5) is 5.69 Å². The van der Waals surface area contributed by atoms with Crippen molar-refractivity contribution in [1.82, 2.24) is 10.2 Å². The number of sulfonamides is 1. The standard InChI is InChI=1S/C22H29N3O4S/c1-3-7-20-19-12-11-18(15-21(19)24-23-20)29-13-5-4-10-22(26)16-8-6-9-17(14-16)25-30(2,27)28/h6,8-9,11-12,14-15,22,25-26H,3-5,7,10,13H2,1-2H3,(H,23,24)/t22-/m0/s1. The Labute approximate surface area is 177 Å². The van der Waals surface area contributed by atoms with E-state index < -0.39 is 16.1 Å². The first kappa shape index (κ1) is 22.1. The van der Waals surface area contributed by atoms with Gasteiger partial charge < -0.3 is 9.84 Å². The van der Waals surface area contributed by atoms with Gasteiger partial charge in [-0.15, -0.1) is 0 Å². The van der Waals surface area contributed by atoms with E-state index in [2.05, 4.69) is 21.8 Å². The first-order valence-electron chi connectivity index (χ1n) is 10.2. The number of ether oxygens (including phenoxy) is 1. The summed E-state index contributed by atoms with van der Waals surface area (Å²) in [6.07, 6.45) is 4.67. The summed E-state index contributed by atoms with van der Waals surface area (Å²) in [4.78, 5) is 0. The van der Waals surface area contributed by atoms with Gasteiger partial charge in [0.05, 0.1) is 24.5 Å². The van der Waals surface area contributed by atoms with Crippen LogP contribution in [0.15, 0.2) is 42.5 Å². The number of fused-ring (bicyclic) bond motifs is 1. The Bertz CT molecular complexity index is 1080. The van der Waals surface area contributed by atoms with Crippen LogP contribution in [0, 0.1) is 0 Å². The van der Waals surface area contributed by atoms with Gasteiger partial charge in [0.1, 0.15) is 5.75 Å². The topological polar surface area (TPSA) is 104 Å². The molecule has 0 aliphatic heterocycles. The van der Waals surface area contributed by atoms with Crippen LogP contribution < -0.4 is 9.46 Å². The third-order valence-corrected chi connectivity index (χ3v) is 5.43. The molecule has 3 aromatic rings. The van der Waals surface area contributed by atoms with Crippen LogP contribution in [0.5, 0.6) is 5.75 Å². The quantitative estimate of drug-likeness (QED) is 0.395. The van der Waals surface area contributed by atoms with Gasteiger partial charge in [-0.25, -0.2) is 8.42 Å². The van der Waals surface area contributed by atoms with Crippen LogP contribution in [-0.2, 0) is 16.4 Å². The average Bonchev–Trinajstić information content (AvgIpc) is 3.09. The molecule has 1 atom stereocenters. The van der Waals surface area contributed by atoms with Crippen LogP contribution >= 0.6 is 0 Å². The van der Waals surface area contributed by atoms with Gasteiger partial charge in [0.25, 0.3) is 0 Å². The number of hydrogen-bond donors (Lipinski definition) is 3. The number of aliphatic hydroxyl groups excluding tert-OH is 1. The van der Waals surface area contributed by atoms with Gasteiger partial charge in [-0.05, 0) is 55.5 Å². The van der Waals surface area contributed by atoms with E-state index in [1.54, 1.807) is 24.3 Å². The fourth-order valence-electron chi connectivity index (χ4n) is 3.40. The molecule has 0 aliphatic carbocycles. The van der Waals surface area contributed by atoms with Crippen molar-refractivity contribution in [2.75, 3.05) is 17.6 Å². The number of nitrogens with one attached hydrogen (secondary N) is 2. The Hall–Kier alpha value is -2.58. The molecule has 0 saturated heterocycles. The summed E-state index contributed by atoms with van der Waals surface area (Å²) in [6.45, 7) is 2.70. The lowest BCUT2D eigenvalue weighted by Gasteiger charge is -2.13. The Morgan fingerprint density at radius 1 is 1.20 bits per heavy atom. The third kappa shape index (κ3) is 6.21. The lowest BCUT2D eigenvalue weighted by atomic mass is 10.0. The Morgan fingerprint density at radius 3 is 2.80 bits per heavy atom. The number of nitrogens with zero attached hydrogens (tertiary/aromatic N) is 1. The predicted molar refractivity (Wildman–Crippen MR) is 119 cm³/mol. The van der Waals surface area contributed by atoms with E-state index in [1.807, 2.05) is 18.2 Å². The molecule has 0 saturated carbocycles. The van der Waals surface area contributed by atoms with Gasteiger partial charge in [-0.2, -0.15) is 5.10 Å². The van der Waals surface area contributed by atoms with Crippen LogP contribution in [0.1, 0.15) is 50.0 Å². The second-order valence-electron chi connectivity index (χ2n) is 7.49. The van der Waals surface area contributed by atoms with Gasteiger partial charge in [0, 0.05) is 22.8 Å². The molecule has 0 aliphatic rings. The number of aliphatic hydroxyl groups is 1. The van der Waals surface area contributed by atoms with Crippen molar-refractivity contribution in [2.45, 2.75) is 45.1 Å². The number of H-pyrrole nitrogens is 1. The van der Waals surface area contributed by atoms with Gasteiger partial charge >= 0.3 is 0 Å². The molecule has 2 aromatic carbocycles. The van der Waals surface area contributed by atoms with Gasteiger partial charge in [0.15, 0.2) is 0 Å². The van der Waals surface area contributed by atoms with Crippen molar-refractivity contribution in [3.8, 4) is 5.75 Å². The van der Waals surface area contributed by atoms with Gasteiger partial charge in [0.2, 0.25) is 10.0 Å². The van der Waals surface area contributed by atoms with Crippen LogP contribution in [0.2, 0.25) is 0 Å². The van der Waals surface area contributed by atoms with E-state index in [-0.39, 0.29) is 0 Å².